The lowest BCUT2D eigenvalue weighted by atomic mass is 10.3. The molecule has 0 aromatic heterocycles. The van der Waals surface area contributed by atoms with Crippen LogP contribution in [-0.2, 0) is 0 Å². The van der Waals surface area contributed by atoms with Gasteiger partial charge in [-0.05, 0) is 26.0 Å². The summed E-state index contributed by atoms with van der Waals surface area (Å²) in [6.07, 6.45) is 15.2. The number of hydrogen-bond donors (Lipinski definition) is 1. The molecule has 15 heavy (non-hydrogen) atoms. The van der Waals surface area contributed by atoms with Gasteiger partial charge in [-0.25, -0.2) is 0 Å². The van der Waals surface area contributed by atoms with Gasteiger partial charge in [-0.3, -0.25) is 0 Å². The zero-order chi connectivity index (χ0) is 11.5. The van der Waals surface area contributed by atoms with Gasteiger partial charge in [0.05, 0.1) is 0 Å². The third-order valence-corrected chi connectivity index (χ3v) is 1.73. The number of nitrogens with one attached hydrogen (secondary N) is 1. The monoisotopic (exact) mass is 201 g/mol. The Morgan fingerprint density at radius 1 is 0.867 bits per heavy atom. The second kappa shape index (κ2) is 8.82. The van der Waals surface area contributed by atoms with E-state index in [4.69, 9.17) is 0 Å². The highest BCUT2D eigenvalue weighted by Crippen LogP contribution is 2.00. The fourth-order valence-electron chi connectivity index (χ4n) is 0.930. The Balaban J connectivity index is 4.52. The lowest BCUT2D eigenvalue weighted by molar-refractivity contribution is 1.03. The minimum Gasteiger partial charge on any atom is -0.356 e. The molecule has 0 bridgehead atoms. The Hall–Kier alpha value is -1.76. The average molecular weight is 201 g/mol. The van der Waals surface area contributed by atoms with Gasteiger partial charge in [-0.1, -0.05) is 49.6 Å². The van der Waals surface area contributed by atoms with E-state index in [1.54, 1.807) is 12.2 Å². The van der Waals surface area contributed by atoms with Crippen molar-refractivity contribution in [2.75, 3.05) is 0 Å². The molecule has 0 amide bonds. The second-order valence-corrected chi connectivity index (χ2v) is 2.80. The van der Waals surface area contributed by atoms with Gasteiger partial charge in [-0.15, -0.1) is 0 Å². The summed E-state index contributed by atoms with van der Waals surface area (Å²) in [7, 11) is 0. The molecule has 1 heteroatoms. The maximum absolute atomic E-state index is 3.63. The van der Waals surface area contributed by atoms with Crippen LogP contribution in [0.3, 0.4) is 0 Å². The predicted molar refractivity (Wildman–Crippen MR) is 69.3 cm³/mol. The zero-order valence-electron chi connectivity index (χ0n) is 9.53. The van der Waals surface area contributed by atoms with Crippen LogP contribution in [0.5, 0.6) is 0 Å². The molecule has 0 radical (unpaired) electrons. The standard InChI is InChI=1S/C14H19N/c1-5-9-11-13(7-3)15-14(8-4)12-10-6-2/h5-12,15H,1-2H2,3-4H3/b11-9-,12-10-,13-7+,14-8+. The van der Waals surface area contributed by atoms with Crippen molar-refractivity contribution < 1.29 is 0 Å². The SMILES string of the molecule is C=C/C=C\C(=C/C)NC(/C=C\C=C)=C/C. The van der Waals surface area contributed by atoms with E-state index in [1.807, 2.05) is 50.3 Å². The summed E-state index contributed by atoms with van der Waals surface area (Å²) >= 11 is 0. The Morgan fingerprint density at radius 3 is 1.53 bits per heavy atom. The van der Waals surface area contributed by atoms with Crippen molar-refractivity contribution in [2.24, 2.45) is 0 Å². The van der Waals surface area contributed by atoms with Crippen molar-refractivity contribution in [3.05, 3.63) is 73.2 Å². The quantitative estimate of drug-likeness (QED) is 0.643. The zero-order valence-corrected chi connectivity index (χ0v) is 9.53. The first-order valence-electron chi connectivity index (χ1n) is 4.96. The van der Waals surface area contributed by atoms with Crippen LogP contribution >= 0.6 is 0 Å². The number of hydrogen-bond acceptors (Lipinski definition) is 1. The van der Waals surface area contributed by atoms with Gasteiger partial charge in [0.1, 0.15) is 0 Å². The van der Waals surface area contributed by atoms with Crippen LogP contribution < -0.4 is 5.32 Å². The maximum Gasteiger partial charge on any atom is 0.0340 e. The molecule has 0 aromatic carbocycles. The van der Waals surface area contributed by atoms with Gasteiger partial charge in [-0.2, -0.15) is 0 Å². The van der Waals surface area contributed by atoms with Gasteiger partial charge < -0.3 is 5.32 Å². The summed E-state index contributed by atoms with van der Waals surface area (Å²) in [6, 6.07) is 0. The molecule has 0 atom stereocenters. The average Bonchev–Trinajstić information content (AvgIpc) is 2.28. The predicted octanol–water partition coefficient (Wildman–Crippen LogP) is 3.87. The lowest BCUT2D eigenvalue weighted by Crippen LogP contribution is -2.09. The maximum atomic E-state index is 3.63. The smallest absolute Gasteiger partial charge is 0.0340 e. The van der Waals surface area contributed by atoms with Crippen LogP contribution in [0.1, 0.15) is 13.8 Å². The third-order valence-electron chi connectivity index (χ3n) is 1.73. The van der Waals surface area contributed by atoms with E-state index in [0.29, 0.717) is 0 Å². The molecule has 0 spiro atoms. The highest BCUT2D eigenvalue weighted by molar-refractivity contribution is 5.29. The summed E-state index contributed by atoms with van der Waals surface area (Å²) < 4.78 is 0. The van der Waals surface area contributed by atoms with E-state index in [-0.39, 0.29) is 0 Å². The molecule has 0 rings (SSSR count). The molecule has 0 saturated carbocycles. The molecule has 0 unspecified atom stereocenters. The normalized spacial score (nSPS) is 13.5. The molecule has 0 aromatic rings. The van der Waals surface area contributed by atoms with Crippen molar-refractivity contribution in [2.45, 2.75) is 13.8 Å². The first kappa shape index (κ1) is 13.2. The van der Waals surface area contributed by atoms with Crippen molar-refractivity contribution in [3.8, 4) is 0 Å². The largest absolute Gasteiger partial charge is 0.356 e. The minimum absolute atomic E-state index is 1.04. The van der Waals surface area contributed by atoms with Crippen LogP contribution in [0.25, 0.3) is 0 Å². The van der Waals surface area contributed by atoms with Gasteiger partial charge >= 0.3 is 0 Å². The molecule has 1 nitrogen and oxygen atoms in total. The van der Waals surface area contributed by atoms with E-state index in [1.165, 1.54) is 0 Å². The van der Waals surface area contributed by atoms with E-state index in [2.05, 4.69) is 18.5 Å². The number of rotatable bonds is 6. The summed E-state index contributed by atoms with van der Waals surface area (Å²) in [4.78, 5) is 0. The van der Waals surface area contributed by atoms with Crippen LogP contribution in [0.2, 0.25) is 0 Å². The van der Waals surface area contributed by atoms with Crippen LogP contribution in [-0.4, -0.2) is 0 Å². The summed E-state index contributed by atoms with van der Waals surface area (Å²) in [6.45, 7) is 11.2. The summed E-state index contributed by atoms with van der Waals surface area (Å²) in [5.41, 5.74) is 2.08. The second-order valence-electron chi connectivity index (χ2n) is 2.80. The molecule has 80 valence electrons. The molecule has 0 heterocycles. The minimum atomic E-state index is 1.04. The lowest BCUT2D eigenvalue weighted by Gasteiger charge is -2.06. The molecule has 0 aliphatic heterocycles. The van der Waals surface area contributed by atoms with Crippen LogP contribution in [0.15, 0.2) is 73.2 Å². The van der Waals surface area contributed by atoms with E-state index < -0.39 is 0 Å². The Labute approximate surface area is 92.9 Å². The summed E-state index contributed by atoms with van der Waals surface area (Å²) in [5, 5.41) is 3.28. The Bertz CT molecular complexity index is 282. The van der Waals surface area contributed by atoms with Crippen molar-refractivity contribution >= 4 is 0 Å². The van der Waals surface area contributed by atoms with Crippen LogP contribution in [0.4, 0.5) is 0 Å². The fraction of sp³-hybridized carbons (Fsp3) is 0.143. The number of allylic oxidation sites excluding steroid dienone is 8. The first-order chi connectivity index (χ1) is 7.28. The molecule has 0 saturated heterocycles. The van der Waals surface area contributed by atoms with Gasteiger partial charge in [0, 0.05) is 11.4 Å². The fourth-order valence-corrected chi connectivity index (χ4v) is 0.930. The third kappa shape index (κ3) is 6.33. The van der Waals surface area contributed by atoms with Gasteiger partial charge in [0.15, 0.2) is 0 Å². The Kier molecular flexibility index (Phi) is 7.79. The molecule has 0 aliphatic carbocycles. The first-order valence-corrected chi connectivity index (χ1v) is 4.96. The van der Waals surface area contributed by atoms with E-state index in [9.17, 15) is 0 Å². The van der Waals surface area contributed by atoms with Crippen LogP contribution in [0, 0.1) is 0 Å². The van der Waals surface area contributed by atoms with Gasteiger partial charge in [0.25, 0.3) is 0 Å². The topological polar surface area (TPSA) is 12.0 Å². The van der Waals surface area contributed by atoms with Crippen molar-refractivity contribution in [3.63, 3.8) is 0 Å². The summed E-state index contributed by atoms with van der Waals surface area (Å²) in [5.74, 6) is 0. The van der Waals surface area contributed by atoms with Crippen molar-refractivity contribution in [1.29, 1.82) is 0 Å². The van der Waals surface area contributed by atoms with Gasteiger partial charge in [0.2, 0.25) is 0 Å². The van der Waals surface area contributed by atoms with E-state index in [0.717, 1.165) is 11.4 Å². The molecular weight excluding hydrogens is 182 g/mol. The highest BCUT2D eigenvalue weighted by atomic mass is 14.9. The molecule has 1 N–H and O–H groups in total. The highest BCUT2D eigenvalue weighted by Gasteiger charge is 1.91. The molecular formula is C14H19N. The molecule has 0 fully saturated rings. The Morgan fingerprint density at radius 2 is 1.27 bits per heavy atom. The van der Waals surface area contributed by atoms with E-state index >= 15 is 0 Å². The molecule has 0 aliphatic rings. The van der Waals surface area contributed by atoms with Crippen molar-refractivity contribution in [1.82, 2.24) is 5.32 Å².